The van der Waals surface area contributed by atoms with E-state index in [2.05, 4.69) is 20.8 Å². The smallest absolute Gasteiger partial charge is 0.192 e. The maximum absolute atomic E-state index is 6.05. The second kappa shape index (κ2) is 3.86. The minimum absolute atomic E-state index is 0.0777. The van der Waals surface area contributed by atoms with Gasteiger partial charge in [-0.3, -0.25) is 0 Å². The van der Waals surface area contributed by atoms with Gasteiger partial charge in [0.15, 0.2) is 5.79 Å². The van der Waals surface area contributed by atoms with Crippen LogP contribution in [0.1, 0.15) is 33.3 Å². The molecule has 88 valence electrons. The van der Waals surface area contributed by atoms with E-state index < -0.39 is 5.79 Å². The van der Waals surface area contributed by atoms with Gasteiger partial charge in [0.25, 0.3) is 0 Å². The third-order valence-corrected chi connectivity index (χ3v) is 3.52. The largest absolute Gasteiger partial charge is 0.345 e. The van der Waals surface area contributed by atoms with Crippen LogP contribution >= 0.6 is 0 Å². The number of benzene rings is 1. The SMILES string of the molecule is C[C@H]1O[C@@](C)(c2ccccc2)OCC1(C)C. The first-order valence-corrected chi connectivity index (χ1v) is 5.81. The summed E-state index contributed by atoms with van der Waals surface area (Å²) in [4.78, 5) is 0. The Bertz CT molecular complexity index is 358. The third kappa shape index (κ3) is 2.00. The van der Waals surface area contributed by atoms with Crippen LogP contribution in [0.3, 0.4) is 0 Å². The van der Waals surface area contributed by atoms with Crippen LogP contribution in [0, 0.1) is 5.41 Å². The summed E-state index contributed by atoms with van der Waals surface area (Å²) in [7, 11) is 0. The Kier molecular flexibility index (Phi) is 2.81. The lowest BCUT2D eigenvalue weighted by atomic mass is 9.86. The molecule has 1 aromatic rings. The fourth-order valence-electron chi connectivity index (χ4n) is 1.86. The van der Waals surface area contributed by atoms with E-state index in [0.29, 0.717) is 0 Å². The molecule has 0 radical (unpaired) electrons. The van der Waals surface area contributed by atoms with Gasteiger partial charge in [-0.2, -0.15) is 0 Å². The summed E-state index contributed by atoms with van der Waals surface area (Å²) in [6.07, 6.45) is 0.187. The third-order valence-electron chi connectivity index (χ3n) is 3.52. The van der Waals surface area contributed by atoms with Crippen LogP contribution in [0.4, 0.5) is 0 Å². The standard InChI is InChI=1S/C14H20O2/c1-11-13(2,3)10-15-14(4,16-11)12-8-6-5-7-9-12/h5-9,11H,10H2,1-4H3/t11-,14+/m1/s1. The molecule has 1 saturated heterocycles. The van der Waals surface area contributed by atoms with Gasteiger partial charge in [-0.15, -0.1) is 0 Å². The van der Waals surface area contributed by atoms with Gasteiger partial charge in [0.2, 0.25) is 0 Å². The van der Waals surface area contributed by atoms with Gasteiger partial charge >= 0.3 is 0 Å². The van der Waals surface area contributed by atoms with Crippen LogP contribution in [0.5, 0.6) is 0 Å². The predicted octanol–water partition coefficient (Wildman–Crippen LogP) is 3.32. The molecule has 0 unspecified atom stereocenters. The molecule has 16 heavy (non-hydrogen) atoms. The summed E-state index contributed by atoms with van der Waals surface area (Å²) in [5.41, 5.74) is 1.16. The van der Waals surface area contributed by atoms with E-state index in [1.165, 1.54) is 0 Å². The molecule has 1 aromatic carbocycles. The van der Waals surface area contributed by atoms with Gasteiger partial charge in [0.1, 0.15) is 0 Å². The maximum atomic E-state index is 6.05. The molecule has 0 spiro atoms. The molecular weight excluding hydrogens is 200 g/mol. The number of ether oxygens (including phenoxy) is 2. The highest BCUT2D eigenvalue weighted by atomic mass is 16.7. The lowest BCUT2D eigenvalue weighted by Gasteiger charge is -2.46. The average Bonchev–Trinajstić information content (AvgIpc) is 2.26. The molecule has 2 rings (SSSR count). The fraction of sp³-hybridized carbons (Fsp3) is 0.571. The highest BCUT2D eigenvalue weighted by Gasteiger charge is 2.42. The van der Waals surface area contributed by atoms with Gasteiger partial charge in [-0.1, -0.05) is 44.2 Å². The summed E-state index contributed by atoms with van der Waals surface area (Å²) >= 11 is 0. The minimum atomic E-state index is -0.601. The first kappa shape index (κ1) is 11.6. The van der Waals surface area contributed by atoms with Gasteiger partial charge in [-0.25, -0.2) is 0 Å². The summed E-state index contributed by atoms with van der Waals surface area (Å²) in [5, 5.41) is 0. The van der Waals surface area contributed by atoms with Crippen molar-refractivity contribution in [1.82, 2.24) is 0 Å². The van der Waals surface area contributed by atoms with Crippen LogP contribution in [0.25, 0.3) is 0 Å². The van der Waals surface area contributed by atoms with Crippen LogP contribution in [-0.4, -0.2) is 12.7 Å². The monoisotopic (exact) mass is 220 g/mol. The number of hydrogen-bond acceptors (Lipinski definition) is 2. The Balaban J connectivity index is 2.23. The molecule has 0 N–H and O–H groups in total. The zero-order chi connectivity index (χ0) is 11.8. The molecule has 0 bridgehead atoms. The Morgan fingerprint density at radius 2 is 1.75 bits per heavy atom. The number of hydrogen-bond donors (Lipinski definition) is 0. The Morgan fingerprint density at radius 3 is 2.31 bits per heavy atom. The number of rotatable bonds is 1. The van der Waals surface area contributed by atoms with Crippen molar-refractivity contribution in [2.45, 2.75) is 39.6 Å². The van der Waals surface area contributed by atoms with Crippen molar-refractivity contribution >= 4 is 0 Å². The first-order chi connectivity index (χ1) is 7.44. The molecule has 0 saturated carbocycles. The van der Waals surface area contributed by atoms with Crippen LogP contribution < -0.4 is 0 Å². The lowest BCUT2D eigenvalue weighted by Crippen LogP contribution is -2.48. The highest BCUT2D eigenvalue weighted by molar-refractivity contribution is 5.20. The predicted molar refractivity (Wildman–Crippen MR) is 64.1 cm³/mol. The van der Waals surface area contributed by atoms with E-state index in [9.17, 15) is 0 Å². The van der Waals surface area contributed by atoms with Gasteiger partial charge in [-0.05, 0) is 13.8 Å². The normalized spacial score (nSPS) is 33.6. The molecular formula is C14H20O2. The summed E-state index contributed by atoms with van der Waals surface area (Å²) in [5.74, 6) is -0.601. The van der Waals surface area contributed by atoms with Crippen molar-refractivity contribution in [2.75, 3.05) is 6.61 Å². The molecule has 1 aliphatic heterocycles. The minimum Gasteiger partial charge on any atom is -0.345 e. The molecule has 0 aromatic heterocycles. The van der Waals surface area contributed by atoms with E-state index in [4.69, 9.17) is 9.47 Å². The molecule has 2 atom stereocenters. The zero-order valence-corrected chi connectivity index (χ0v) is 10.5. The van der Waals surface area contributed by atoms with Gasteiger partial charge < -0.3 is 9.47 Å². The topological polar surface area (TPSA) is 18.5 Å². The van der Waals surface area contributed by atoms with Gasteiger partial charge in [0, 0.05) is 11.0 Å². The lowest BCUT2D eigenvalue weighted by molar-refractivity contribution is -0.325. The van der Waals surface area contributed by atoms with E-state index in [-0.39, 0.29) is 11.5 Å². The summed E-state index contributed by atoms with van der Waals surface area (Å²) in [6.45, 7) is 9.17. The van der Waals surface area contributed by atoms with E-state index in [1.807, 2.05) is 37.3 Å². The Hall–Kier alpha value is -0.860. The molecule has 2 nitrogen and oxygen atoms in total. The van der Waals surface area contributed by atoms with Crippen molar-refractivity contribution in [3.05, 3.63) is 35.9 Å². The van der Waals surface area contributed by atoms with E-state index in [0.717, 1.165) is 12.2 Å². The van der Waals surface area contributed by atoms with Crippen molar-refractivity contribution < 1.29 is 9.47 Å². The zero-order valence-electron chi connectivity index (χ0n) is 10.5. The first-order valence-electron chi connectivity index (χ1n) is 5.81. The molecule has 1 heterocycles. The van der Waals surface area contributed by atoms with E-state index >= 15 is 0 Å². The Morgan fingerprint density at radius 1 is 1.12 bits per heavy atom. The second-order valence-corrected chi connectivity index (χ2v) is 5.35. The van der Waals surface area contributed by atoms with Gasteiger partial charge in [0.05, 0.1) is 12.7 Å². The Labute approximate surface area is 97.6 Å². The molecule has 0 aliphatic carbocycles. The van der Waals surface area contributed by atoms with Crippen molar-refractivity contribution in [3.8, 4) is 0 Å². The maximum Gasteiger partial charge on any atom is 0.192 e. The summed E-state index contributed by atoms with van der Waals surface area (Å²) in [6, 6.07) is 10.1. The van der Waals surface area contributed by atoms with Crippen molar-refractivity contribution in [3.63, 3.8) is 0 Å². The molecule has 0 amide bonds. The van der Waals surface area contributed by atoms with Crippen LogP contribution in [0.2, 0.25) is 0 Å². The molecule has 1 aliphatic rings. The van der Waals surface area contributed by atoms with E-state index in [1.54, 1.807) is 0 Å². The van der Waals surface area contributed by atoms with Crippen molar-refractivity contribution in [1.29, 1.82) is 0 Å². The molecule has 2 heteroatoms. The van der Waals surface area contributed by atoms with Crippen LogP contribution in [-0.2, 0) is 15.3 Å². The molecule has 1 fully saturated rings. The highest BCUT2D eigenvalue weighted by Crippen LogP contribution is 2.39. The van der Waals surface area contributed by atoms with Crippen molar-refractivity contribution in [2.24, 2.45) is 5.41 Å². The quantitative estimate of drug-likeness (QED) is 0.722. The second-order valence-electron chi connectivity index (χ2n) is 5.35. The summed E-state index contributed by atoms with van der Waals surface area (Å²) < 4.78 is 12.0. The average molecular weight is 220 g/mol. The van der Waals surface area contributed by atoms with Crippen LogP contribution in [0.15, 0.2) is 30.3 Å². The fourth-order valence-corrected chi connectivity index (χ4v) is 1.86.